The molecule has 2 N–H and O–H groups in total. The van der Waals surface area contributed by atoms with E-state index < -0.39 is 44.0 Å². The smallest absolute Gasteiger partial charge is 0.411 e. The predicted octanol–water partition coefficient (Wildman–Crippen LogP) is 6.23. The van der Waals surface area contributed by atoms with Crippen LogP contribution in [0.25, 0.3) is 34.0 Å². The Morgan fingerprint density at radius 2 is 1.61 bits per heavy atom. The highest BCUT2D eigenvalue weighted by atomic mass is 32.2. The van der Waals surface area contributed by atoms with Crippen LogP contribution in [0.3, 0.4) is 0 Å². The lowest BCUT2D eigenvalue weighted by molar-refractivity contribution is 0.00623. The van der Waals surface area contributed by atoms with Gasteiger partial charge in [-0.3, -0.25) is 0 Å². The third-order valence-corrected chi connectivity index (χ3v) is 8.86. The molecule has 0 unspecified atom stereocenters. The first-order valence-electron chi connectivity index (χ1n) is 14.3. The van der Waals surface area contributed by atoms with Crippen LogP contribution in [0.4, 0.5) is 4.79 Å². The van der Waals surface area contributed by atoms with Crippen LogP contribution in [-0.4, -0.2) is 46.5 Å². The maximum Gasteiger partial charge on any atom is 0.411 e. The number of hydrogen-bond donors (Lipinski definition) is 1. The number of carbonyl (C=O) groups excluding carboxylic acids is 2. The Bertz CT molecular complexity index is 1960. The molecular formula is C33H35N5O7S. The lowest BCUT2D eigenvalue weighted by Crippen LogP contribution is -2.26. The van der Waals surface area contributed by atoms with Gasteiger partial charge in [-0.25, -0.2) is 28.0 Å². The van der Waals surface area contributed by atoms with Gasteiger partial charge in [-0.1, -0.05) is 44.1 Å². The summed E-state index contributed by atoms with van der Waals surface area (Å²) in [5.41, 5.74) is 5.82. The van der Waals surface area contributed by atoms with E-state index in [9.17, 15) is 18.0 Å². The third-order valence-electron chi connectivity index (χ3n) is 6.71. The van der Waals surface area contributed by atoms with Gasteiger partial charge in [-0.15, -0.1) is 0 Å². The minimum absolute atomic E-state index is 0.0239. The second-order valence-electron chi connectivity index (χ2n) is 12.8. The van der Waals surface area contributed by atoms with Crippen LogP contribution in [0.5, 0.6) is 5.88 Å². The Labute approximate surface area is 267 Å². The fraction of sp³-hybridized carbons (Fsp3) is 0.333. The van der Waals surface area contributed by atoms with Gasteiger partial charge in [0.25, 0.3) is 5.88 Å². The topological polar surface area (TPSA) is 188 Å². The fourth-order valence-corrected chi connectivity index (χ4v) is 5.53. The van der Waals surface area contributed by atoms with Crippen molar-refractivity contribution in [3.05, 3.63) is 65.4 Å². The summed E-state index contributed by atoms with van der Waals surface area (Å²) < 4.78 is 42.7. The molecule has 13 heteroatoms. The summed E-state index contributed by atoms with van der Waals surface area (Å²) in [7, 11) is -3.65. The summed E-state index contributed by atoms with van der Waals surface area (Å²) >= 11 is 0. The zero-order chi connectivity index (χ0) is 34.2. The molecule has 12 nitrogen and oxygen atoms in total. The largest absolute Gasteiger partial charge is 0.455 e. The van der Waals surface area contributed by atoms with Crippen molar-refractivity contribution in [3.63, 3.8) is 0 Å². The molecule has 0 fully saturated rings. The number of hydrogen-bond acceptors (Lipinski definition) is 11. The molecular weight excluding hydrogens is 610 g/mol. The Balaban J connectivity index is 2.04. The molecule has 4 rings (SSSR count). The average molecular weight is 646 g/mol. The molecule has 1 amide bonds. The SMILES string of the molecule is CC(C)S(=O)(=O)c1ccc(-c2nc(-c3cc(-c4ccc(C#N)cc4)no3)c(OC(N)=O)nc2C(=O)OC(C)(C)C)c(C(C)(C)C)c1. The summed E-state index contributed by atoms with van der Waals surface area (Å²) in [6.07, 6.45) is -1.22. The van der Waals surface area contributed by atoms with E-state index >= 15 is 0 Å². The van der Waals surface area contributed by atoms with Gasteiger partial charge >= 0.3 is 12.1 Å². The van der Waals surface area contributed by atoms with E-state index in [0.29, 0.717) is 27.9 Å². The number of primary amides is 1. The fourth-order valence-electron chi connectivity index (χ4n) is 4.44. The number of nitrogens with zero attached hydrogens (tertiary/aromatic N) is 4. The van der Waals surface area contributed by atoms with Crippen molar-refractivity contribution in [3.8, 4) is 45.9 Å². The molecule has 240 valence electrons. The Morgan fingerprint density at radius 3 is 2.15 bits per heavy atom. The molecule has 2 aromatic heterocycles. The molecule has 0 radical (unpaired) electrons. The summed E-state index contributed by atoms with van der Waals surface area (Å²) in [5, 5.41) is 12.6. The van der Waals surface area contributed by atoms with E-state index in [2.05, 4.69) is 16.2 Å². The normalized spacial score (nSPS) is 12.1. The van der Waals surface area contributed by atoms with E-state index in [1.54, 1.807) is 71.0 Å². The number of rotatable bonds is 7. The number of esters is 1. The molecule has 0 spiro atoms. The van der Waals surface area contributed by atoms with Crippen molar-refractivity contribution < 1.29 is 32.0 Å². The van der Waals surface area contributed by atoms with Gasteiger partial charge in [0.05, 0.1) is 21.8 Å². The lowest BCUT2D eigenvalue weighted by Gasteiger charge is -2.25. The van der Waals surface area contributed by atoms with Crippen LogP contribution >= 0.6 is 0 Å². The van der Waals surface area contributed by atoms with Gasteiger partial charge in [0, 0.05) is 17.2 Å². The number of nitrogens with two attached hydrogens (primary N) is 1. The van der Waals surface area contributed by atoms with Gasteiger partial charge in [0.15, 0.2) is 27.0 Å². The van der Waals surface area contributed by atoms with Crippen LogP contribution in [0.1, 0.15) is 77.0 Å². The number of sulfone groups is 1. The first-order chi connectivity index (χ1) is 21.3. The highest BCUT2D eigenvalue weighted by molar-refractivity contribution is 7.92. The molecule has 2 heterocycles. The van der Waals surface area contributed by atoms with Gasteiger partial charge < -0.3 is 19.7 Å². The molecule has 0 aliphatic rings. The van der Waals surface area contributed by atoms with Crippen LogP contribution in [0, 0.1) is 11.3 Å². The van der Waals surface area contributed by atoms with Crippen molar-refractivity contribution in [1.29, 1.82) is 5.26 Å². The Kier molecular flexibility index (Phi) is 9.08. The molecule has 0 saturated heterocycles. The summed E-state index contributed by atoms with van der Waals surface area (Å²) in [6.45, 7) is 13.9. The van der Waals surface area contributed by atoms with E-state index in [1.807, 2.05) is 20.8 Å². The molecule has 4 aromatic rings. The van der Waals surface area contributed by atoms with Crippen molar-refractivity contribution in [1.82, 2.24) is 15.1 Å². The molecule has 0 aliphatic carbocycles. The van der Waals surface area contributed by atoms with E-state index in [-0.39, 0.29) is 27.7 Å². The van der Waals surface area contributed by atoms with E-state index in [4.69, 9.17) is 30.0 Å². The number of benzene rings is 2. The van der Waals surface area contributed by atoms with Crippen molar-refractivity contribution >= 4 is 21.9 Å². The number of nitriles is 1. The molecule has 0 aliphatic heterocycles. The van der Waals surface area contributed by atoms with Gasteiger partial charge in [0.2, 0.25) is 0 Å². The number of ether oxygens (including phenoxy) is 2. The van der Waals surface area contributed by atoms with Crippen molar-refractivity contribution in [2.45, 2.75) is 76.6 Å². The first-order valence-corrected chi connectivity index (χ1v) is 15.9. The molecule has 0 saturated carbocycles. The maximum absolute atomic E-state index is 13.6. The van der Waals surface area contributed by atoms with Gasteiger partial charge in [-0.2, -0.15) is 5.26 Å². The number of aromatic nitrogens is 3. The Hall–Kier alpha value is -5.09. The number of carbonyl (C=O) groups is 2. The lowest BCUT2D eigenvalue weighted by atomic mass is 9.82. The van der Waals surface area contributed by atoms with Crippen molar-refractivity contribution in [2.75, 3.05) is 0 Å². The predicted molar refractivity (Wildman–Crippen MR) is 170 cm³/mol. The zero-order valence-electron chi connectivity index (χ0n) is 26.8. The monoisotopic (exact) mass is 645 g/mol. The summed E-state index contributed by atoms with van der Waals surface area (Å²) in [5.74, 6) is -1.28. The van der Waals surface area contributed by atoms with E-state index in [0.717, 1.165) is 0 Å². The highest BCUT2D eigenvalue weighted by Crippen LogP contribution is 2.39. The van der Waals surface area contributed by atoms with E-state index in [1.165, 1.54) is 12.1 Å². The van der Waals surface area contributed by atoms with Crippen LogP contribution < -0.4 is 10.5 Å². The quantitative estimate of drug-likeness (QED) is 0.224. The summed E-state index contributed by atoms with van der Waals surface area (Å²) in [6, 6.07) is 14.8. The Morgan fingerprint density at radius 1 is 0.957 bits per heavy atom. The van der Waals surface area contributed by atoms with Crippen molar-refractivity contribution in [2.24, 2.45) is 5.73 Å². The van der Waals surface area contributed by atoms with Gasteiger partial charge in [-0.05, 0) is 69.9 Å². The van der Waals surface area contributed by atoms with Crippen LogP contribution in [0.15, 0.2) is 57.9 Å². The first kappa shape index (κ1) is 33.8. The number of amides is 1. The summed E-state index contributed by atoms with van der Waals surface area (Å²) in [4.78, 5) is 34.8. The van der Waals surface area contributed by atoms with Crippen LogP contribution in [0.2, 0.25) is 0 Å². The highest BCUT2D eigenvalue weighted by Gasteiger charge is 2.32. The zero-order valence-corrected chi connectivity index (χ0v) is 27.6. The third kappa shape index (κ3) is 7.24. The maximum atomic E-state index is 13.6. The molecule has 0 atom stereocenters. The van der Waals surface area contributed by atoms with Gasteiger partial charge in [0.1, 0.15) is 17.0 Å². The molecule has 2 aromatic carbocycles. The standard InChI is InChI=1S/C33H35N5O7S/c1-18(2)46(41,42)21-13-14-22(23(15-21)32(3,4)5)26-28(30(39)44-33(6,7)8)37-29(43-31(35)40)27(36-26)25-16-24(38-45-25)20-11-9-19(17-34)10-12-20/h9-16,18H,1-8H3,(H2,35,40). The van der Waals surface area contributed by atoms with Crippen LogP contribution in [-0.2, 0) is 20.0 Å². The second kappa shape index (κ2) is 12.4. The minimum atomic E-state index is -3.65. The minimum Gasteiger partial charge on any atom is -0.455 e. The molecule has 46 heavy (non-hydrogen) atoms. The molecule has 0 bridgehead atoms. The second-order valence-corrected chi connectivity index (χ2v) is 15.3. The average Bonchev–Trinajstić information content (AvgIpc) is 3.45.